The van der Waals surface area contributed by atoms with E-state index in [9.17, 15) is 4.79 Å². The monoisotopic (exact) mass is 323 g/mol. The number of hydrogen-bond acceptors (Lipinski definition) is 7. The number of nitrogen functional groups attached to an aromatic ring is 1. The van der Waals surface area contributed by atoms with Crippen molar-refractivity contribution in [2.75, 3.05) is 12.3 Å². The second kappa shape index (κ2) is 6.24. The normalized spacial score (nSPS) is 27.7. The molecule has 0 aliphatic heterocycles. The predicted octanol–water partition coefficient (Wildman–Crippen LogP) is 2.73. The Kier molecular flexibility index (Phi) is 4.33. The van der Waals surface area contributed by atoms with Gasteiger partial charge >= 0.3 is 5.97 Å². The molecule has 6 nitrogen and oxygen atoms in total. The molecule has 0 spiro atoms. The first kappa shape index (κ1) is 15.3. The van der Waals surface area contributed by atoms with E-state index < -0.39 is 5.97 Å². The highest BCUT2D eigenvalue weighted by Crippen LogP contribution is 2.46. The highest BCUT2D eigenvalue weighted by molar-refractivity contribution is 7.13. The van der Waals surface area contributed by atoms with Crippen molar-refractivity contribution in [1.29, 1.82) is 0 Å². The van der Waals surface area contributed by atoms with Crippen LogP contribution in [0.15, 0.2) is 10.5 Å². The first-order valence-electron chi connectivity index (χ1n) is 7.76. The smallest absolute Gasteiger partial charge is 0.362 e. The Morgan fingerprint density at radius 1 is 1.45 bits per heavy atom. The van der Waals surface area contributed by atoms with Crippen LogP contribution >= 0.6 is 11.3 Å². The number of esters is 1. The van der Waals surface area contributed by atoms with Crippen LogP contribution in [0.3, 0.4) is 0 Å². The molecule has 3 fully saturated rings. The van der Waals surface area contributed by atoms with Crippen molar-refractivity contribution in [3.63, 3.8) is 0 Å². The number of oxime groups is 1. The number of rotatable bonds is 5. The molecule has 7 heteroatoms. The van der Waals surface area contributed by atoms with Crippen LogP contribution in [0.2, 0.25) is 0 Å². The van der Waals surface area contributed by atoms with E-state index in [1.54, 1.807) is 12.3 Å². The third kappa shape index (κ3) is 3.09. The summed E-state index contributed by atoms with van der Waals surface area (Å²) in [4.78, 5) is 22.1. The maximum absolute atomic E-state index is 12.1. The molecule has 22 heavy (non-hydrogen) atoms. The molecule has 3 aliphatic rings. The summed E-state index contributed by atoms with van der Waals surface area (Å²) >= 11 is 1.26. The minimum atomic E-state index is -0.520. The second-order valence-electron chi connectivity index (χ2n) is 5.99. The highest BCUT2D eigenvalue weighted by atomic mass is 32.1. The van der Waals surface area contributed by atoms with E-state index in [0.29, 0.717) is 10.8 Å². The van der Waals surface area contributed by atoms with Gasteiger partial charge in [-0.15, -0.1) is 11.3 Å². The average Bonchev–Trinajstić information content (AvgIpc) is 2.96. The lowest BCUT2D eigenvalue weighted by atomic mass is 9.68. The molecule has 0 atom stereocenters. The van der Waals surface area contributed by atoms with Crippen LogP contribution in [0.4, 0.5) is 5.13 Å². The van der Waals surface area contributed by atoms with E-state index >= 15 is 0 Å². The second-order valence-corrected chi connectivity index (χ2v) is 6.88. The Balaban J connectivity index is 1.80. The van der Waals surface area contributed by atoms with Gasteiger partial charge in [-0.1, -0.05) is 5.16 Å². The topological polar surface area (TPSA) is 86.8 Å². The van der Waals surface area contributed by atoms with Gasteiger partial charge < -0.3 is 15.3 Å². The van der Waals surface area contributed by atoms with Gasteiger partial charge in [0.1, 0.15) is 11.3 Å². The van der Waals surface area contributed by atoms with Gasteiger partial charge in [0, 0.05) is 5.38 Å². The number of hydrogen-bond donors (Lipinski definition) is 1. The quantitative estimate of drug-likeness (QED) is 0.511. The van der Waals surface area contributed by atoms with Crippen LogP contribution in [-0.4, -0.2) is 28.9 Å². The Morgan fingerprint density at radius 3 is 2.68 bits per heavy atom. The maximum atomic E-state index is 12.1. The molecule has 0 aromatic carbocycles. The van der Waals surface area contributed by atoms with Gasteiger partial charge in [0.15, 0.2) is 5.13 Å². The van der Waals surface area contributed by atoms with Gasteiger partial charge in [-0.2, -0.15) is 0 Å². The number of thiazole rings is 1. The third-order valence-electron chi connectivity index (χ3n) is 4.59. The lowest BCUT2D eigenvalue weighted by molar-refractivity contribution is -0.136. The molecule has 2 bridgehead atoms. The van der Waals surface area contributed by atoms with Gasteiger partial charge in [-0.05, 0) is 51.4 Å². The van der Waals surface area contributed by atoms with Crippen LogP contribution < -0.4 is 5.73 Å². The molecule has 3 aliphatic carbocycles. The molecule has 1 aromatic rings. The molecule has 3 saturated carbocycles. The molecule has 120 valence electrons. The van der Waals surface area contributed by atoms with E-state index in [2.05, 4.69) is 10.1 Å². The van der Waals surface area contributed by atoms with Gasteiger partial charge in [0.05, 0.1) is 6.61 Å². The number of nitrogens with zero attached hydrogens (tertiary/aromatic N) is 2. The van der Waals surface area contributed by atoms with Crippen molar-refractivity contribution >= 4 is 28.1 Å². The third-order valence-corrected chi connectivity index (χ3v) is 5.26. The first-order valence-corrected chi connectivity index (χ1v) is 8.64. The summed E-state index contributed by atoms with van der Waals surface area (Å²) in [6.07, 6.45) is 6.60. The van der Waals surface area contributed by atoms with Gasteiger partial charge in [-0.3, -0.25) is 0 Å². The summed E-state index contributed by atoms with van der Waals surface area (Å²) in [6.45, 7) is 2.04. The van der Waals surface area contributed by atoms with Crippen molar-refractivity contribution in [3.8, 4) is 0 Å². The van der Waals surface area contributed by atoms with Gasteiger partial charge in [0.2, 0.25) is 5.71 Å². The van der Waals surface area contributed by atoms with Crippen molar-refractivity contribution in [2.24, 2.45) is 11.1 Å². The Hall–Kier alpha value is -1.63. The van der Waals surface area contributed by atoms with E-state index in [-0.39, 0.29) is 17.9 Å². The number of carbonyl (C=O) groups is 1. The average molecular weight is 323 g/mol. The van der Waals surface area contributed by atoms with E-state index in [4.69, 9.17) is 15.3 Å². The lowest BCUT2D eigenvalue weighted by Gasteiger charge is -2.44. The fourth-order valence-electron chi connectivity index (χ4n) is 3.27. The van der Waals surface area contributed by atoms with Crippen molar-refractivity contribution in [1.82, 2.24) is 4.98 Å². The zero-order valence-electron chi connectivity index (χ0n) is 12.7. The Morgan fingerprint density at radius 2 is 2.14 bits per heavy atom. The molecule has 0 radical (unpaired) electrons. The largest absolute Gasteiger partial charge is 0.461 e. The van der Waals surface area contributed by atoms with Crippen molar-refractivity contribution < 1.29 is 14.4 Å². The standard InChI is InChI=1S/C15H21N3O3S/c1-2-20-13(19)12(11-9-22-14(16)17-11)18-21-15-6-3-10(4-7-15)5-8-15/h9-10H,2-8H2,1H3,(H2,16,17). The maximum Gasteiger partial charge on any atom is 0.362 e. The molecular formula is C15H21N3O3S. The summed E-state index contributed by atoms with van der Waals surface area (Å²) in [7, 11) is 0. The summed E-state index contributed by atoms with van der Waals surface area (Å²) < 4.78 is 5.06. The molecule has 0 unspecified atom stereocenters. The predicted molar refractivity (Wildman–Crippen MR) is 84.7 cm³/mol. The fourth-order valence-corrected chi connectivity index (χ4v) is 3.82. The zero-order valence-corrected chi connectivity index (χ0v) is 13.5. The Bertz CT molecular complexity index is 563. The lowest BCUT2D eigenvalue weighted by Crippen LogP contribution is -2.41. The molecule has 2 N–H and O–H groups in total. The molecule has 1 aromatic heterocycles. The fraction of sp³-hybridized carbons (Fsp3) is 0.667. The van der Waals surface area contributed by atoms with E-state index in [1.165, 1.54) is 30.6 Å². The summed E-state index contributed by atoms with van der Waals surface area (Å²) in [5.41, 5.74) is 5.96. The number of carbonyl (C=O) groups excluding carboxylic acids is 1. The SMILES string of the molecule is CCOC(=O)C(=NOC12CCC(CC1)CC2)c1csc(N)n1. The van der Waals surface area contributed by atoms with Crippen molar-refractivity contribution in [2.45, 2.75) is 51.0 Å². The van der Waals surface area contributed by atoms with Crippen LogP contribution in [0.1, 0.15) is 51.1 Å². The summed E-state index contributed by atoms with van der Waals surface area (Å²) in [5.74, 6) is 0.325. The minimum Gasteiger partial charge on any atom is -0.461 e. The number of fused-ring (bicyclic) bond motifs is 3. The molecule has 4 rings (SSSR count). The highest BCUT2D eigenvalue weighted by Gasteiger charge is 2.43. The Labute approximate surface area is 133 Å². The zero-order chi connectivity index (χ0) is 15.6. The molecular weight excluding hydrogens is 302 g/mol. The van der Waals surface area contributed by atoms with Crippen LogP contribution in [0.25, 0.3) is 0 Å². The summed E-state index contributed by atoms with van der Waals surface area (Å²) in [6, 6.07) is 0. The first-order chi connectivity index (χ1) is 10.6. The minimum absolute atomic E-state index is 0.108. The molecule has 1 heterocycles. The summed E-state index contributed by atoms with van der Waals surface area (Å²) in [5, 5.41) is 6.24. The van der Waals surface area contributed by atoms with E-state index in [0.717, 1.165) is 25.2 Å². The number of aromatic nitrogens is 1. The van der Waals surface area contributed by atoms with Gasteiger partial charge in [0.25, 0.3) is 0 Å². The number of anilines is 1. The van der Waals surface area contributed by atoms with Crippen LogP contribution in [0.5, 0.6) is 0 Å². The number of nitrogens with two attached hydrogens (primary N) is 1. The van der Waals surface area contributed by atoms with Crippen molar-refractivity contribution in [3.05, 3.63) is 11.1 Å². The molecule has 0 amide bonds. The molecule has 0 saturated heterocycles. The van der Waals surface area contributed by atoms with Gasteiger partial charge in [-0.25, -0.2) is 9.78 Å². The number of ether oxygens (including phenoxy) is 1. The van der Waals surface area contributed by atoms with Crippen LogP contribution in [0, 0.1) is 5.92 Å². The van der Waals surface area contributed by atoms with E-state index in [1.807, 2.05) is 0 Å². The van der Waals surface area contributed by atoms with Crippen LogP contribution in [-0.2, 0) is 14.4 Å².